The van der Waals surface area contributed by atoms with Crippen LogP contribution in [0.25, 0.3) is 28.0 Å². The van der Waals surface area contributed by atoms with E-state index in [0.29, 0.717) is 53.6 Å². The van der Waals surface area contributed by atoms with Gasteiger partial charge < -0.3 is 9.64 Å². The summed E-state index contributed by atoms with van der Waals surface area (Å²) in [4.78, 5) is 20.1. The highest BCUT2D eigenvalue weighted by atomic mass is 32.2. The highest BCUT2D eigenvalue weighted by molar-refractivity contribution is 7.90. The van der Waals surface area contributed by atoms with Crippen molar-refractivity contribution in [1.29, 1.82) is 0 Å². The number of hydrogen-bond acceptors (Lipinski definition) is 7. The van der Waals surface area contributed by atoms with Gasteiger partial charge in [-0.3, -0.25) is 15.0 Å². The third kappa shape index (κ3) is 3.39. The number of hydrogen-bond donors (Lipinski definition) is 2. The lowest BCUT2D eigenvalue weighted by Gasteiger charge is -2.34. The number of nitrogens with zero attached hydrogens (tertiary/aromatic N) is 4. The summed E-state index contributed by atoms with van der Waals surface area (Å²) in [6, 6.07) is 10.3. The number of morpholine rings is 1. The van der Waals surface area contributed by atoms with E-state index >= 15 is 0 Å². The summed E-state index contributed by atoms with van der Waals surface area (Å²) in [6.45, 7) is 3.77. The Bertz CT molecular complexity index is 1460. The fourth-order valence-electron chi connectivity index (χ4n) is 4.10. The summed E-state index contributed by atoms with van der Waals surface area (Å²) in [5, 5.41) is 9.90. The van der Waals surface area contributed by atoms with Crippen molar-refractivity contribution in [3.05, 3.63) is 52.9 Å². The van der Waals surface area contributed by atoms with Crippen LogP contribution in [0, 0.1) is 0 Å². The number of benzene rings is 1. The predicted octanol–water partition coefficient (Wildman–Crippen LogP) is 1.73. The minimum absolute atomic E-state index is 0.0676. The van der Waals surface area contributed by atoms with Crippen LogP contribution in [-0.2, 0) is 14.6 Å². The van der Waals surface area contributed by atoms with E-state index < -0.39 is 9.84 Å². The van der Waals surface area contributed by atoms with E-state index in [1.54, 1.807) is 42.6 Å². The summed E-state index contributed by atoms with van der Waals surface area (Å²) in [5.41, 5.74) is 0.970. The SMILES string of the molecule is C[C@@H]1COCCN1c1cc(-c2ccccc2S(C)(=O)=O)c2c(=O)[nH]n(-c3ccn[nH]3)c2n1. The summed E-state index contributed by atoms with van der Waals surface area (Å²) in [5.74, 6) is 1.18. The largest absolute Gasteiger partial charge is 0.377 e. The Labute approximate surface area is 183 Å². The standard InChI is InChI=1S/C21H22N6O4S/c1-13-12-31-10-9-26(13)18-11-15(14-5-3-4-6-16(14)32(2,29)30)19-20(23-18)27(25-21(19)28)17-7-8-22-24-17/h3-8,11,13H,9-10,12H2,1-2H3,(H,22,24)(H,25,28)/t13-/m1/s1. The minimum atomic E-state index is -3.54. The van der Waals surface area contributed by atoms with Crippen molar-refractivity contribution in [2.75, 3.05) is 30.9 Å². The summed E-state index contributed by atoms with van der Waals surface area (Å²) in [7, 11) is -3.54. The minimum Gasteiger partial charge on any atom is -0.377 e. The van der Waals surface area contributed by atoms with Gasteiger partial charge in [0.25, 0.3) is 5.56 Å². The highest BCUT2D eigenvalue weighted by Gasteiger charge is 2.26. The molecule has 0 radical (unpaired) electrons. The van der Waals surface area contributed by atoms with Gasteiger partial charge in [0.05, 0.1) is 35.7 Å². The first-order valence-corrected chi connectivity index (χ1v) is 12.0. The van der Waals surface area contributed by atoms with Crippen LogP contribution in [0.4, 0.5) is 5.82 Å². The van der Waals surface area contributed by atoms with Gasteiger partial charge in [0.2, 0.25) is 0 Å². The lowest BCUT2D eigenvalue weighted by Crippen LogP contribution is -2.44. The first-order chi connectivity index (χ1) is 15.3. The van der Waals surface area contributed by atoms with Crippen molar-refractivity contribution in [1.82, 2.24) is 25.0 Å². The van der Waals surface area contributed by atoms with Crippen molar-refractivity contribution >= 4 is 26.7 Å². The Kier molecular flexibility index (Phi) is 4.86. The number of pyridine rings is 1. The second kappa shape index (κ2) is 7.61. The number of ether oxygens (including phenoxy) is 1. The van der Waals surface area contributed by atoms with Gasteiger partial charge in [-0.25, -0.2) is 18.1 Å². The lowest BCUT2D eigenvalue weighted by molar-refractivity contribution is 0.0985. The topological polar surface area (TPSA) is 126 Å². The number of aromatic amines is 2. The zero-order chi connectivity index (χ0) is 22.5. The lowest BCUT2D eigenvalue weighted by atomic mass is 10.0. The van der Waals surface area contributed by atoms with Crippen LogP contribution in [0.5, 0.6) is 0 Å². The average Bonchev–Trinajstić information content (AvgIpc) is 3.41. The highest BCUT2D eigenvalue weighted by Crippen LogP contribution is 2.35. The van der Waals surface area contributed by atoms with Gasteiger partial charge in [0, 0.05) is 30.0 Å². The molecular formula is C21H22N6O4S. The Balaban J connectivity index is 1.86. The summed E-state index contributed by atoms with van der Waals surface area (Å²) < 4.78 is 32.2. The van der Waals surface area contributed by atoms with Gasteiger partial charge >= 0.3 is 0 Å². The number of rotatable bonds is 4. The Morgan fingerprint density at radius 3 is 2.72 bits per heavy atom. The quantitative estimate of drug-likeness (QED) is 0.481. The molecule has 32 heavy (non-hydrogen) atoms. The van der Waals surface area contributed by atoms with E-state index in [2.05, 4.69) is 20.2 Å². The molecule has 0 bridgehead atoms. The number of anilines is 1. The number of aromatic nitrogens is 5. The van der Waals surface area contributed by atoms with Gasteiger partial charge in [-0.1, -0.05) is 18.2 Å². The van der Waals surface area contributed by atoms with E-state index in [0.717, 1.165) is 6.26 Å². The van der Waals surface area contributed by atoms with E-state index in [-0.39, 0.29) is 16.5 Å². The van der Waals surface area contributed by atoms with Crippen LogP contribution in [0.2, 0.25) is 0 Å². The molecule has 1 aromatic carbocycles. The maximum atomic E-state index is 13.1. The molecule has 1 saturated heterocycles. The molecule has 1 fully saturated rings. The molecular weight excluding hydrogens is 432 g/mol. The van der Waals surface area contributed by atoms with E-state index in [1.165, 1.54) is 4.68 Å². The molecule has 3 aromatic heterocycles. The van der Waals surface area contributed by atoms with Crippen LogP contribution >= 0.6 is 0 Å². The Morgan fingerprint density at radius 2 is 2.00 bits per heavy atom. The number of nitrogens with one attached hydrogen (secondary N) is 2. The molecule has 0 spiro atoms. The van der Waals surface area contributed by atoms with Crippen LogP contribution in [-0.4, -0.2) is 65.4 Å². The zero-order valence-corrected chi connectivity index (χ0v) is 18.4. The smallest absolute Gasteiger partial charge is 0.274 e. The normalized spacial score (nSPS) is 17.2. The van der Waals surface area contributed by atoms with Gasteiger partial charge in [-0.2, -0.15) is 5.10 Å². The Morgan fingerprint density at radius 1 is 1.19 bits per heavy atom. The predicted molar refractivity (Wildman–Crippen MR) is 120 cm³/mol. The maximum absolute atomic E-state index is 13.1. The van der Waals surface area contributed by atoms with Gasteiger partial charge in [0.15, 0.2) is 15.5 Å². The Hall–Kier alpha value is -3.44. The van der Waals surface area contributed by atoms with Crippen molar-refractivity contribution in [2.24, 2.45) is 0 Å². The molecule has 1 aliphatic rings. The first-order valence-electron chi connectivity index (χ1n) is 10.1. The van der Waals surface area contributed by atoms with Crippen LogP contribution < -0.4 is 10.5 Å². The van der Waals surface area contributed by atoms with Gasteiger partial charge in [0.1, 0.15) is 11.6 Å². The zero-order valence-electron chi connectivity index (χ0n) is 17.6. The van der Waals surface area contributed by atoms with Crippen molar-refractivity contribution in [3.8, 4) is 16.9 Å². The molecule has 166 valence electrons. The molecule has 0 saturated carbocycles. The first kappa shape index (κ1) is 20.5. The molecule has 4 aromatic rings. The molecule has 0 amide bonds. The fourth-order valence-corrected chi connectivity index (χ4v) is 5.00. The molecule has 0 unspecified atom stereocenters. The van der Waals surface area contributed by atoms with Crippen molar-refractivity contribution in [2.45, 2.75) is 17.9 Å². The summed E-state index contributed by atoms with van der Waals surface area (Å²) in [6.07, 6.45) is 2.74. The van der Waals surface area contributed by atoms with Crippen molar-refractivity contribution in [3.63, 3.8) is 0 Å². The molecule has 5 rings (SSSR count). The molecule has 11 heteroatoms. The molecule has 1 aliphatic heterocycles. The molecule has 0 aliphatic carbocycles. The monoisotopic (exact) mass is 454 g/mol. The van der Waals surface area contributed by atoms with E-state index in [1.807, 2.05) is 6.92 Å². The third-order valence-electron chi connectivity index (χ3n) is 5.60. The number of sulfone groups is 1. The molecule has 4 heterocycles. The number of H-pyrrole nitrogens is 2. The van der Waals surface area contributed by atoms with Crippen LogP contribution in [0.1, 0.15) is 6.92 Å². The van der Waals surface area contributed by atoms with Crippen LogP contribution in [0.3, 0.4) is 0 Å². The van der Waals surface area contributed by atoms with Crippen LogP contribution in [0.15, 0.2) is 52.3 Å². The van der Waals surface area contributed by atoms with E-state index in [9.17, 15) is 13.2 Å². The molecule has 10 nitrogen and oxygen atoms in total. The molecule has 1 atom stereocenters. The number of fused-ring (bicyclic) bond motifs is 1. The van der Waals surface area contributed by atoms with Gasteiger partial charge in [-0.15, -0.1) is 0 Å². The summed E-state index contributed by atoms with van der Waals surface area (Å²) >= 11 is 0. The van der Waals surface area contributed by atoms with Crippen molar-refractivity contribution < 1.29 is 13.2 Å². The second-order valence-electron chi connectivity index (χ2n) is 7.83. The average molecular weight is 455 g/mol. The fraction of sp³-hybridized carbons (Fsp3) is 0.286. The maximum Gasteiger partial charge on any atom is 0.274 e. The second-order valence-corrected chi connectivity index (χ2v) is 9.81. The van der Waals surface area contributed by atoms with Gasteiger partial charge in [-0.05, 0) is 19.1 Å². The van der Waals surface area contributed by atoms with E-state index in [4.69, 9.17) is 9.72 Å². The molecule has 2 N–H and O–H groups in total. The third-order valence-corrected chi connectivity index (χ3v) is 6.76.